The number of rotatable bonds is 4. The van der Waals surface area contributed by atoms with Crippen LogP contribution in [0.25, 0.3) is 11.1 Å². The highest BCUT2D eigenvalue weighted by atomic mass is 35.5. The molecule has 142 valence electrons. The number of amides is 1. The fraction of sp³-hybridized carbons (Fsp3) is 0.368. The summed E-state index contributed by atoms with van der Waals surface area (Å²) in [6, 6.07) is 11.8. The van der Waals surface area contributed by atoms with Gasteiger partial charge in [-0.25, -0.2) is 0 Å². The van der Waals surface area contributed by atoms with Gasteiger partial charge >= 0.3 is 0 Å². The lowest BCUT2D eigenvalue weighted by Gasteiger charge is -2.30. The molecule has 1 aromatic heterocycles. The molecular formula is C19H25Cl2N3O2. The van der Waals surface area contributed by atoms with Crippen molar-refractivity contribution in [3.8, 4) is 11.1 Å². The van der Waals surface area contributed by atoms with Crippen LogP contribution in [0.2, 0.25) is 0 Å². The molecule has 3 rings (SSSR count). The van der Waals surface area contributed by atoms with Crippen LogP contribution in [0.4, 0.5) is 0 Å². The third kappa shape index (κ3) is 5.42. The summed E-state index contributed by atoms with van der Waals surface area (Å²) in [6.45, 7) is 5.27. The van der Waals surface area contributed by atoms with Gasteiger partial charge in [0.05, 0.1) is 18.8 Å². The highest BCUT2D eigenvalue weighted by Crippen LogP contribution is 2.21. The first-order valence-corrected chi connectivity index (χ1v) is 8.31. The van der Waals surface area contributed by atoms with Gasteiger partial charge in [-0.15, -0.1) is 24.8 Å². The molecule has 2 N–H and O–H groups in total. The molecule has 5 nitrogen and oxygen atoms in total. The molecule has 1 amide bonds. The number of pyridine rings is 1. The Morgan fingerprint density at radius 1 is 1.23 bits per heavy atom. The van der Waals surface area contributed by atoms with Gasteiger partial charge in [0.2, 0.25) is 5.91 Å². The predicted octanol–water partition coefficient (Wildman–Crippen LogP) is 3.15. The summed E-state index contributed by atoms with van der Waals surface area (Å²) in [5.74, 6) is -0.0222. The van der Waals surface area contributed by atoms with Crippen LogP contribution in [0.5, 0.6) is 0 Å². The number of benzene rings is 1. The summed E-state index contributed by atoms with van der Waals surface area (Å²) < 4.78 is 5.53. The molecule has 0 bridgehead atoms. The molecule has 3 atom stereocenters. The lowest BCUT2D eigenvalue weighted by Crippen LogP contribution is -2.55. The summed E-state index contributed by atoms with van der Waals surface area (Å²) in [5, 5.41) is 6.27. The van der Waals surface area contributed by atoms with E-state index in [1.54, 1.807) is 6.20 Å². The van der Waals surface area contributed by atoms with E-state index in [-0.39, 0.29) is 48.9 Å². The van der Waals surface area contributed by atoms with Crippen molar-refractivity contribution < 1.29 is 9.53 Å². The van der Waals surface area contributed by atoms with E-state index in [0.29, 0.717) is 13.2 Å². The largest absolute Gasteiger partial charge is 0.375 e. The number of hydrogen-bond donors (Lipinski definition) is 2. The molecule has 0 spiro atoms. The van der Waals surface area contributed by atoms with E-state index in [0.717, 1.165) is 16.7 Å². The molecule has 1 aliphatic rings. The Labute approximate surface area is 166 Å². The van der Waals surface area contributed by atoms with E-state index in [2.05, 4.69) is 27.8 Å². The van der Waals surface area contributed by atoms with Gasteiger partial charge in [0.25, 0.3) is 0 Å². The minimum absolute atomic E-state index is 0. The van der Waals surface area contributed by atoms with Crippen molar-refractivity contribution in [2.24, 2.45) is 0 Å². The van der Waals surface area contributed by atoms with Crippen molar-refractivity contribution in [1.82, 2.24) is 15.6 Å². The van der Waals surface area contributed by atoms with Crippen LogP contribution in [0.3, 0.4) is 0 Å². The van der Waals surface area contributed by atoms with Gasteiger partial charge in [0.1, 0.15) is 6.04 Å². The van der Waals surface area contributed by atoms with E-state index in [4.69, 9.17) is 4.74 Å². The molecule has 2 heterocycles. The highest BCUT2D eigenvalue weighted by Gasteiger charge is 2.29. The van der Waals surface area contributed by atoms with E-state index in [1.165, 1.54) is 0 Å². The number of aromatic nitrogens is 1. The smallest absolute Gasteiger partial charge is 0.240 e. The zero-order chi connectivity index (χ0) is 16.9. The van der Waals surface area contributed by atoms with E-state index < -0.39 is 0 Å². The van der Waals surface area contributed by atoms with Crippen molar-refractivity contribution in [2.45, 2.75) is 32.0 Å². The Morgan fingerprint density at radius 2 is 1.96 bits per heavy atom. The molecule has 1 saturated heterocycles. The van der Waals surface area contributed by atoms with Crippen molar-refractivity contribution in [2.75, 3.05) is 13.2 Å². The third-order valence-corrected chi connectivity index (χ3v) is 4.36. The topological polar surface area (TPSA) is 63.2 Å². The first kappa shape index (κ1) is 22.4. The molecule has 0 radical (unpaired) electrons. The average molecular weight is 398 g/mol. The SMILES string of the molecule is CC(NC(=O)[C@H]1NCCO[C@@H]1C)c1ccc(-c2cccnc2)cc1.Cl.Cl. The lowest BCUT2D eigenvalue weighted by atomic mass is 10.0. The van der Waals surface area contributed by atoms with Gasteiger partial charge < -0.3 is 15.4 Å². The van der Waals surface area contributed by atoms with Crippen LogP contribution in [-0.2, 0) is 9.53 Å². The summed E-state index contributed by atoms with van der Waals surface area (Å²) in [6.07, 6.45) is 3.49. The number of hydrogen-bond acceptors (Lipinski definition) is 4. The molecule has 7 heteroatoms. The summed E-state index contributed by atoms with van der Waals surface area (Å²) >= 11 is 0. The average Bonchev–Trinajstić information content (AvgIpc) is 2.63. The van der Waals surface area contributed by atoms with Gasteiger partial charge in [-0.05, 0) is 36.6 Å². The second-order valence-electron chi connectivity index (χ2n) is 6.10. The first-order valence-electron chi connectivity index (χ1n) is 8.31. The van der Waals surface area contributed by atoms with Crippen LogP contribution in [-0.4, -0.2) is 36.2 Å². The number of nitrogens with one attached hydrogen (secondary N) is 2. The first-order chi connectivity index (χ1) is 11.6. The Bertz CT molecular complexity index is 683. The Hall–Kier alpha value is -1.66. The number of ether oxygens (including phenoxy) is 1. The van der Waals surface area contributed by atoms with Gasteiger partial charge in [-0.3, -0.25) is 9.78 Å². The van der Waals surface area contributed by atoms with Crippen LogP contribution < -0.4 is 10.6 Å². The number of carbonyl (C=O) groups excluding carboxylic acids is 1. The van der Waals surface area contributed by atoms with Gasteiger partial charge in [0, 0.05) is 18.9 Å². The maximum atomic E-state index is 12.4. The number of carbonyl (C=O) groups is 1. The van der Waals surface area contributed by atoms with Crippen molar-refractivity contribution in [1.29, 1.82) is 0 Å². The van der Waals surface area contributed by atoms with E-state index >= 15 is 0 Å². The normalized spacial score (nSPS) is 20.2. The zero-order valence-corrected chi connectivity index (χ0v) is 16.5. The summed E-state index contributed by atoms with van der Waals surface area (Å²) in [4.78, 5) is 16.6. The molecule has 0 aliphatic carbocycles. The Balaban J connectivity index is 0.00000169. The quantitative estimate of drug-likeness (QED) is 0.831. The molecule has 1 fully saturated rings. The van der Waals surface area contributed by atoms with Crippen LogP contribution in [0.1, 0.15) is 25.5 Å². The van der Waals surface area contributed by atoms with Crippen molar-refractivity contribution in [3.63, 3.8) is 0 Å². The summed E-state index contributed by atoms with van der Waals surface area (Å²) in [5.41, 5.74) is 3.26. The predicted molar refractivity (Wildman–Crippen MR) is 108 cm³/mol. The van der Waals surface area contributed by atoms with Crippen LogP contribution in [0.15, 0.2) is 48.8 Å². The third-order valence-electron chi connectivity index (χ3n) is 4.36. The van der Waals surface area contributed by atoms with Gasteiger partial charge in [0.15, 0.2) is 0 Å². The fourth-order valence-electron chi connectivity index (χ4n) is 2.91. The highest BCUT2D eigenvalue weighted by molar-refractivity contribution is 5.85. The van der Waals surface area contributed by atoms with Gasteiger partial charge in [-0.1, -0.05) is 30.3 Å². The van der Waals surface area contributed by atoms with Crippen molar-refractivity contribution in [3.05, 3.63) is 54.4 Å². The standard InChI is InChI=1S/C19H23N3O2.2ClH/c1-13(22-19(23)18-14(2)24-11-10-21-18)15-5-7-16(8-6-15)17-4-3-9-20-12-17;;/h3-9,12-14,18,21H,10-11H2,1-2H3,(H,22,23);2*1H/t13?,14-,18+;;/m1../s1. The minimum atomic E-state index is -0.295. The van der Waals surface area contributed by atoms with Crippen LogP contribution in [0, 0.1) is 0 Å². The molecule has 1 unspecified atom stereocenters. The zero-order valence-electron chi connectivity index (χ0n) is 14.8. The summed E-state index contributed by atoms with van der Waals surface area (Å²) in [7, 11) is 0. The minimum Gasteiger partial charge on any atom is -0.375 e. The van der Waals surface area contributed by atoms with E-state index in [9.17, 15) is 4.79 Å². The molecule has 26 heavy (non-hydrogen) atoms. The maximum Gasteiger partial charge on any atom is 0.240 e. The molecule has 0 saturated carbocycles. The fourth-order valence-corrected chi connectivity index (χ4v) is 2.91. The van der Waals surface area contributed by atoms with Gasteiger partial charge in [-0.2, -0.15) is 0 Å². The van der Waals surface area contributed by atoms with Crippen molar-refractivity contribution >= 4 is 30.7 Å². The molecule has 2 aromatic rings. The molecule has 1 aliphatic heterocycles. The monoisotopic (exact) mass is 397 g/mol. The Kier molecular flexibility index (Phi) is 9.02. The lowest BCUT2D eigenvalue weighted by molar-refractivity contribution is -0.129. The Morgan fingerprint density at radius 3 is 2.58 bits per heavy atom. The molecular weight excluding hydrogens is 373 g/mol. The number of nitrogens with zero attached hydrogens (tertiary/aromatic N) is 1. The maximum absolute atomic E-state index is 12.4. The number of halogens is 2. The van der Waals surface area contributed by atoms with E-state index in [1.807, 2.05) is 44.3 Å². The van der Waals surface area contributed by atoms with Crippen LogP contribution >= 0.6 is 24.8 Å². The second kappa shape index (κ2) is 10.5. The molecule has 1 aromatic carbocycles. The number of morpholine rings is 1. The second-order valence-corrected chi connectivity index (χ2v) is 6.10.